The van der Waals surface area contributed by atoms with Gasteiger partial charge in [0.25, 0.3) is 0 Å². The van der Waals surface area contributed by atoms with E-state index in [0.717, 1.165) is 12.1 Å². The number of ether oxygens (including phenoxy) is 1. The average Bonchev–Trinajstić information content (AvgIpc) is 2.60. The second-order valence-electron chi connectivity index (χ2n) is 5.18. The zero-order valence-corrected chi connectivity index (χ0v) is 14.2. The Morgan fingerprint density at radius 1 is 1.08 bits per heavy atom. The average molecular weight is 387 g/mol. The molecule has 0 radical (unpaired) electrons. The molecule has 5 nitrogen and oxygen atoms in total. The van der Waals surface area contributed by atoms with Crippen LogP contribution in [0.4, 0.5) is 18.9 Å². The summed E-state index contributed by atoms with van der Waals surface area (Å²) in [4.78, 5) is 23.7. The summed E-state index contributed by atoms with van der Waals surface area (Å²) in [5.41, 5.74) is -0.578. The number of amides is 2. The van der Waals surface area contributed by atoms with E-state index >= 15 is 0 Å². The van der Waals surface area contributed by atoms with E-state index in [9.17, 15) is 22.8 Å². The van der Waals surface area contributed by atoms with Gasteiger partial charge < -0.3 is 15.4 Å². The lowest BCUT2D eigenvalue weighted by Crippen LogP contribution is -2.35. The molecule has 0 spiro atoms. The van der Waals surface area contributed by atoms with Crippen molar-refractivity contribution in [3.05, 3.63) is 58.6 Å². The van der Waals surface area contributed by atoms with Gasteiger partial charge in [0.15, 0.2) is 0 Å². The van der Waals surface area contributed by atoms with Crippen molar-refractivity contribution in [1.82, 2.24) is 5.32 Å². The Hall–Kier alpha value is -2.74. The van der Waals surface area contributed by atoms with Crippen LogP contribution in [0.1, 0.15) is 11.1 Å². The van der Waals surface area contributed by atoms with Gasteiger partial charge in [0, 0.05) is 6.54 Å². The van der Waals surface area contributed by atoms with Crippen LogP contribution in [-0.4, -0.2) is 18.9 Å². The SMILES string of the molecule is COc1ccc(CNC(=O)C(=O)Nc2cc(C(F)(F)F)ccc2Cl)cc1. The summed E-state index contributed by atoms with van der Waals surface area (Å²) >= 11 is 5.77. The van der Waals surface area contributed by atoms with Gasteiger partial charge in [-0.05, 0) is 35.9 Å². The summed E-state index contributed by atoms with van der Waals surface area (Å²) in [6, 6.07) is 9.20. The second-order valence-corrected chi connectivity index (χ2v) is 5.58. The molecule has 2 amide bonds. The monoisotopic (exact) mass is 386 g/mol. The van der Waals surface area contributed by atoms with Crippen LogP contribution in [0.2, 0.25) is 5.02 Å². The molecular weight excluding hydrogens is 373 g/mol. The Morgan fingerprint density at radius 2 is 1.73 bits per heavy atom. The van der Waals surface area contributed by atoms with Gasteiger partial charge in [0.05, 0.1) is 23.4 Å². The number of halogens is 4. The van der Waals surface area contributed by atoms with E-state index in [0.29, 0.717) is 17.4 Å². The first-order valence-electron chi connectivity index (χ1n) is 7.29. The number of rotatable bonds is 4. The third-order valence-electron chi connectivity index (χ3n) is 3.36. The van der Waals surface area contributed by atoms with E-state index in [2.05, 4.69) is 10.6 Å². The zero-order chi connectivity index (χ0) is 19.3. The zero-order valence-electron chi connectivity index (χ0n) is 13.5. The number of nitrogens with one attached hydrogen (secondary N) is 2. The smallest absolute Gasteiger partial charge is 0.416 e. The van der Waals surface area contributed by atoms with E-state index in [4.69, 9.17) is 16.3 Å². The van der Waals surface area contributed by atoms with Gasteiger partial charge in [-0.2, -0.15) is 13.2 Å². The lowest BCUT2D eigenvalue weighted by molar-refractivity contribution is -0.137. The summed E-state index contributed by atoms with van der Waals surface area (Å²) in [5.74, 6) is -1.49. The number of methoxy groups -OCH3 is 1. The fourth-order valence-electron chi connectivity index (χ4n) is 1.98. The highest BCUT2D eigenvalue weighted by molar-refractivity contribution is 6.41. The van der Waals surface area contributed by atoms with Crippen LogP contribution in [0.5, 0.6) is 5.75 Å². The maximum absolute atomic E-state index is 12.7. The maximum Gasteiger partial charge on any atom is 0.416 e. The van der Waals surface area contributed by atoms with Crippen molar-refractivity contribution >= 4 is 29.1 Å². The molecule has 0 atom stereocenters. The third kappa shape index (κ3) is 5.13. The molecule has 2 aromatic rings. The molecule has 2 rings (SSSR count). The molecule has 0 bridgehead atoms. The highest BCUT2D eigenvalue weighted by Crippen LogP contribution is 2.33. The van der Waals surface area contributed by atoms with Crippen molar-refractivity contribution in [1.29, 1.82) is 0 Å². The minimum atomic E-state index is -4.60. The van der Waals surface area contributed by atoms with Crippen LogP contribution in [0, 0.1) is 0 Å². The molecule has 9 heteroatoms. The van der Waals surface area contributed by atoms with Gasteiger partial charge in [0.2, 0.25) is 0 Å². The third-order valence-corrected chi connectivity index (χ3v) is 3.69. The largest absolute Gasteiger partial charge is 0.497 e. The summed E-state index contributed by atoms with van der Waals surface area (Å²) in [6.45, 7) is 0.0621. The van der Waals surface area contributed by atoms with E-state index in [-0.39, 0.29) is 17.3 Å². The van der Waals surface area contributed by atoms with Crippen molar-refractivity contribution in [3.63, 3.8) is 0 Å². The van der Waals surface area contributed by atoms with Gasteiger partial charge in [-0.15, -0.1) is 0 Å². The number of carbonyl (C=O) groups is 2. The number of carbonyl (C=O) groups excluding carboxylic acids is 2. The van der Waals surface area contributed by atoms with Crippen LogP contribution >= 0.6 is 11.6 Å². The molecule has 26 heavy (non-hydrogen) atoms. The molecule has 0 aliphatic heterocycles. The topological polar surface area (TPSA) is 67.4 Å². The number of hydrogen-bond acceptors (Lipinski definition) is 3. The number of alkyl halides is 3. The highest BCUT2D eigenvalue weighted by atomic mass is 35.5. The van der Waals surface area contributed by atoms with Gasteiger partial charge in [0.1, 0.15) is 5.75 Å². The molecule has 2 aromatic carbocycles. The predicted molar refractivity (Wildman–Crippen MR) is 89.9 cm³/mol. The quantitative estimate of drug-likeness (QED) is 0.789. The lowest BCUT2D eigenvalue weighted by atomic mass is 10.2. The van der Waals surface area contributed by atoms with Crippen LogP contribution in [0.25, 0.3) is 0 Å². The highest BCUT2D eigenvalue weighted by Gasteiger charge is 2.31. The summed E-state index contributed by atoms with van der Waals surface area (Å²) in [6.07, 6.45) is -4.60. The Balaban J connectivity index is 1.99. The second kappa shape index (κ2) is 8.09. The molecule has 0 aliphatic carbocycles. The number of hydrogen-bond donors (Lipinski definition) is 2. The summed E-state index contributed by atoms with van der Waals surface area (Å²) in [5, 5.41) is 4.32. The predicted octanol–water partition coefficient (Wildman–Crippen LogP) is 3.62. The van der Waals surface area contributed by atoms with E-state index in [1.54, 1.807) is 24.3 Å². The molecular formula is C17H14ClF3N2O3. The van der Waals surface area contributed by atoms with E-state index in [1.807, 2.05) is 0 Å². The summed E-state index contributed by atoms with van der Waals surface area (Å²) in [7, 11) is 1.51. The molecule has 0 fully saturated rings. The number of anilines is 1. The van der Waals surface area contributed by atoms with Gasteiger partial charge in [-0.1, -0.05) is 23.7 Å². The van der Waals surface area contributed by atoms with Crippen LogP contribution in [-0.2, 0) is 22.3 Å². The molecule has 2 N–H and O–H groups in total. The minimum Gasteiger partial charge on any atom is -0.497 e. The van der Waals surface area contributed by atoms with Gasteiger partial charge in [-0.3, -0.25) is 9.59 Å². The molecule has 0 aliphatic rings. The number of benzene rings is 2. The first kappa shape index (κ1) is 19.6. The normalized spacial score (nSPS) is 11.0. The van der Waals surface area contributed by atoms with E-state index < -0.39 is 23.6 Å². The first-order valence-corrected chi connectivity index (χ1v) is 7.67. The van der Waals surface area contributed by atoms with E-state index in [1.165, 1.54) is 7.11 Å². The Morgan fingerprint density at radius 3 is 2.31 bits per heavy atom. The van der Waals surface area contributed by atoms with Gasteiger partial charge >= 0.3 is 18.0 Å². The van der Waals surface area contributed by atoms with Crippen molar-refractivity contribution in [2.45, 2.75) is 12.7 Å². The maximum atomic E-state index is 12.7. The Bertz CT molecular complexity index is 808. The van der Waals surface area contributed by atoms with Crippen molar-refractivity contribution in [2.24, 2.45) is 0 Å². The fraction of sp³-hybridized carbons (Fsp3) is 0.176. The van der Waals surface area contributed by atoms with Crippen molar-refractivity contribution in [2.75, 3.05) is 12.4 Å². The van der Waals surface area contributed by atoms with Crippen LogP contribution in [0.3, 0.4) is 0 Å². The van der Waals surface area contributed by atoms with Crippen LogP contribution in [0.15, 0.2) is 42.5 Å². The minimum absolute atomic E-state index is 0.0621. The molecule has 0 aromatic heterocycles. The Kier molecular flexibility index (Phi) is 6.10. The first-order chi connectivity index (χ1) is 12.2. The standard InChI is InChI=1S/C17H14ClF3N2O3/c1-26-12-5-2-10(3-6-12)9-22-15(24)16(25)23-14-8-11(17(19,20)21)4-7-13(14)18/h2-8H,9H2,1H3,(H,22,24)(H,23,25). The molecule has 0 saturated heterocycles. The van der Waals surface area contributed by atoms with Gasteiger partial charge in [-0.25, -0.2) is 0 Å². The Labute approximate surface area is 152 Å². The lowest BCUT2D eigenvalue weighted by Gasteiger charge is -2.11. The molecule has 0 heterocycles. The molecule has 138 valence electrons. The van der Waals surface area contributed by atoms with Crippen LogP contribution < -0.4 is 15.4 Å². The van der Waals surface area contributed by atoms with Crippen molar-refractivity contribution in [3.8, 4) is 5.75 Å². The van der Waals surface area contributed by atoms with Crippen molar-refractivity contribution < 1.29 is 27.5 Å². The molecule has 0 saturated carbocycles. The fourth-order valence-corrected chi connectivity index (χ4v) is 2.15. The molecule has 0 unspecified atom stereocenters. The summed E-state index contributed by atoms with van der Waals surface area (Å²) < 4.78 is 43.1.